The molecule has 0 aromatic heterocycles. The molecule has 2 unspecified atom stereocenters. The van der Waals surface area contributed by atoms with Gasteiger partial charge in [-0.15, -0.1) is 0 Å². The minimum atomic E-state index is -0.678. The van der Waals surface area contributed by atoms with Crippen molar-refractivity contribution < 1.29 is 23.9 Å². The van der Waals surface area contributed by atoms with Crippen molar-refractivity contribution >= 4 is 23.5 Å². The minimum absolute atomic E-state index is 0.106. The first-order valence-electron chi connectivity index (χ1n) is 9.91. The lowest BCUT2D eigenvalue weighted by atomic mass is 9.92. The van der Waals surface area contributed by atoms with E-state index in [4.69, 9.17) is 9.47 Å². The molecule has 7 nitrogen and oxygen atoms in total. The number of fused-ring (bicyclic) bond motifs is 1. The highest BCUT2D eigenvalue weighted by atomic mass is 16.5. The summed E-state index contributed by atoms with van der Waals surface area (Å²) in [6.45, 7) is 0.623. The first-order chi connectivity index (χ1) is 14.5. The van der Waals surface area contributed by atoms with Crippen LogP contribution in [0.2, 0.25) is 0 Å². The van der Waals surface area contributed by atoms with Crippen molar-refractivity contribution in [3.63, 3.8) is 0 Å². The Morgan fingerprint density at radius 3 is 2.33 bits per heavy atom. The van der Waals surface area contributed by atoms with Gasteiger partial charge in [-0.1, -0.05) is 24.3 Å². The van der Waals surface area contributed by atoms with E-state index >= 15 is 0 Å². The number of methoxy groups -OCH3 is 2. The Bertz CT molecular complexity index is 972. The summed E-state index contributed by atoms with van der Waals surface area (Å²) in [5.74, 6) is -0.535. The van der Waals surface area contributed by atoms with Crippen LogP contribution in [-0.4, -0.2) is 49.5 Å². The van der Waals surface area contributed by atoms with Crippen molar-refractivity contribution in [1.29, 1.82) is 0 Å². The Morgan fingerprint density at radius 2 is 1.67 bits per heavy atom. The zero-order valence-electron chi connectivity index (χ0n) is 17.0. The number of amides is 2. The molecule has 0 bridgehead atoms. The van der Waals surface area contributed by atoms with Crippen molar-refractivity contribution in [1.82, 2.24) is 4.90 Å². The van der Waals surface area contributed by atoms with E-state index in [1.54, 1.807) is 41.2 Å². The third kappa shape index (κ3) is 3.63. The molecule has 2 aliphatic heterocycles. The number of rotatable bonds is 4. The first-order valence-corrected chi connectivity index (χ1v) is 9.91. The number of nitrogens with zero attached hydrogens (tertiary/aromatic N) is 2. The predicted molar refractivity (Wildman–Crippen MR) is 110 cm³/mol. The lowest BCUT2D eigenvalue weighted by molar-refractivity contribution is -0.155. The second-order valence-electron chi connectivity index (χ2n) is 7.58. The van der Waals surface area contributed by atoms with Crippen LogP contribution >= 0.6 is 0 Å². The minimum Gasteiger partial charge on any atom is -0.497 e. The van der Waals surface area contributed by atoms with Crippen LogP contribution in [0.1, 0.15) is 17.5 Å². The third-order valence-electron chi connectivity index (χ3n) is 5.86. The van der Waals surface area contributed by atoms with Crippen LogP contribution in [0.3, 0.4) is 0 Å². The molecular weight excluding hydrogens is 384 g/mol. The molecule has 7 heteroatoms. The number of carbonyl (C=O) groups is 3. The summed E-state index contributed by atoms with van der Waals surface area (Å²) in [6, 6.07) is 14.3. The van der Waals surface area contributed by atoms with E-state index in [2.05, 4.69) is 0 Å². The van der Waals surface area contributed by atoms with Gasteiger partial charge in [-0.05, 0) is 35.4 Å². The lowest BCUT2D eigenvalue weighted by Gasteiger charge is -2.36. The smallest absolute Gasteiger partial charge is 0.328 e. The molecule has 0 aliphatic carbocycles. The Hall–Kier alpha value is -3.35. The maximum atomic E-state index is 13.4. The summed E-state index contributed by atoms with van der Waals surface area (Å²) >= 11 is 0. The highest BCUT2D eigenvalue weighted by Crippen LogP contribution is 2.31. The molecular formula is C23H24N2O5. The summed E-state index contributed by atoms with van der Waals surface area (Å²) in [5.41, 5.74) is 2.78. The van der Waals surface area contributed by atoms with Gasteiger partial charge in [0.1, 0.15) is 11.8 Å². The molecule has 1 fully saturated rings. The number of hydrogen-bond acceptors (Lipinski definition) is 5. The van der Waals surface area contributed by atoms with Crippen LogP contribution in [0.5, 0.6) is 5.75 Å². The lowest BCUT2D eigenvalue weighted by Crippen LogP contribution is -2.51. The zero-order valence-corrected chi connectivity index (χ0v) is 17.0. The molecule has 2 aliphatic rings. The highest BCUT2D eigenvalue weighted by molar-refractivity contribution is 6.01. The van der Waals surface area contributed by atoms with E-state index in [9.17, 15) is 14.4 Å². The maximum absolute atomic E-state index is 13.4. The summed E-state index contributed by atoms with van der Waals surface area (Å²) in [5, 5.41) is 0. The predicted octanol–water partition coefficient (Wildman–Crippen LogP) is 2.17. The van der Waals surface area contributed by atoms with E-state index < -0.39 is 17.9 Å². The van der Waals surface area contributed by atoms with E-state index in [1.165, 1.54) is 7.11 Å². The van der Waals surface area contributed by atoms with Crippen LogP contribution in [0.25, 0.3) is 0 Å². The molecule has 2 aromatic carbocycles. The quantitative estimate of drug-likeness (QED) is 0.725. The SMILES string of the molecule is COC(=O)C1Cc2ccccc2CN1C(=O)C1CC(=O)N(c2ccc(OC)cc2)C1. The van der Waals surface area contributed by atoms with Gasteiger partial charge >= 0.3 is 5.97 Å². The average Bonchev–Trinajstić information content (AvgIpc) is 3.18. The Balaban J connectivity index is 1.55. The van der Waals surface area contributed by atoms with Gasteiger partial charge in [0.2, 0.25) is 11.8 Å². The highest BCUT2D eigenvalue weighted by Gasteiger charge is 2.42. The summed E-state index contributed by atoms with van der Waals surface area (Å²) in [6.07, 6.45) is 0.536. The first kappa shape index (κ1) is 19.9. The molecule has 0 radical (unpaired) electrons. The Labute approximate surface area is 175 Å². The second kappa shape index (κ2) is 8.18. The van der Waals surface area contributed by atoms with Crippen LogP contribution < -0.4 is 9.64 Å². The molecule has 30 heavy (non-hydrogen) atoms. The molecule has 1 saturated heterocycles. The van der Waals surface area contributed by atoms with Gasteiger partial charge in [-0.3, -0.25) is 9.59 Å². The summed E-state index contributed by atoms with van der Waals surface area (Å²) in [7, 11) is 2.91. The van der Waals surface area contributed by atoms with E-state index in [-0.39, 0.29) is 24.8 Å². The Kier molecular flexibility index (Phi) is 5.44. The van der Waals surface area contributed by atoms with Crippen molar-refractivity contribution in [3.05, 3.63) is 59.7 Å². The standard InChI is InChI=1S/C23H24N2O5/c1-29-19-9-7-18(8-10-19)24-14-17(12-21(24)26)22(27)25-13-16-6-4-3-5-15(16)11-20(25)23(28)30-2/h3-10,17,20H,11-14H2,1-2H3. The van der Waals surface area contributed by atoms with Crippen LogP contribution in [0.4, 0.5) is 5.69 Å². The number of carbonyl (C=O) groups excluding carboxylic acids is 3. The van der Waals surface area contributed by atoms with Crippen LogP contribution in [-0.2, 0) is 32.1 Å². The largest absolute Gasteiger partial charge is 0.497 e. The van der Waals surface area contributed by atoms with E-state index in [0.717, 1.165) is 16.8 Å². The fourth-order valence-corrected chi connectivity index (χ4v) is 4.22. The Morgan fingerprint density at radius 1 is 0.967 bits per heavy atom. The molecule has 4 rings (SSSR count). The van der Waals surface area contributed by atoms with Crippen molar-refractivity contribution in [2.75, 3.05) is 25.7 Å². The number of esters is 1. The van der Waals surface area contributed by atoms with Gasteiger partial charge in [0.15, 0.2) is 0 Å². The molecule has 2 atom stereocenters. The van der Waals surface area contributed by atoms with Crippen molar-refractivity contribution in [2.24, 2.45) is 5.92 Å². The topological polar surface area (TPSA) is 76.2 Å². The van der Waals surface area contributed by atoms with E-state index in [0.29, 0.717) is 18.7 Å². The molecule has 0 spiro atoms. The van der Waals surface area contributed by atoms with Crippen LogP contribution in [0, 0.1) is 5.92 Å². The fourth-order valence-electron chi connectivity index (χ4n) is 4.22. The van der Waals surface area contributed by atoms with Gasteiger partial charge in [0.25, 0.3) is 0 Å². The normalized spacial score (nSPS) is 20.7. The van der Waals surface area contributed by atoms with Crippen molar-refractivity contribution in [3.8, 4) is 5.75 Å². The van der Waals surface area contributed by atoms with Gasteiger partial charge in [-0.2, -0.15) is 0 Å². The fraction of sp³-hybridized carbons (Fsp3) is 0.348. The molecule has 156 valence electrons. The van der Waals surface area contributed by atoms with Crippen molar-refractivity contribution in [2.45, 2.75) is 25.4 Å². The average molecular weight is 408 g/mol. The number of benzene rings is 2. The van der Waals surface area contributed by atoms with Gasteiger partial charge < -0.3 is 19.3 Å². The molecule has 2 heterocycles. The summed E-state index contributed by atoms with van der Waals surface area (Å²) in [4.78, 5) is 41.6. The van der Waals surface area contributed by atoms with Gasteiger partial charge in [0, 0.05) is 31.6 Å². The number of hydrogen-bond donors (Lipinski definition) is 0. The molecule has 0 N–H and O–H groups in total. The number of ether oxygens (including phenoxy) is 2. The van der Waals surface area contributed by atoms with Gasteiger partial charge in [-0.25, -0.2) is 4.79 Å². The van der Waals surface area contributed by atoms with Gasteiger partial charge in [0.05, 0.1) is 20.1 Å². The molecule has 0 saturated carbocycles. The molecule has 2 amide bonds. The monoisotopic (exact) mass is 408 g/mol. The zero-order chi connectivity index (χ0) is 21.3. The van der Waals surface area contributed by atoms with Crippen LogP contribution in [0.15, 0.2) is 48.5 Å². The maximum Gasteiger partial charge on any atom is 0.328 e. The summed E-state index contributed by atoms with van der Waals surface area (Å²) < 4.78 is 10.1. The third-order valence-corrected chi connectivity index (χ3v) is 5.86. The second-order valence-corrected chi connectivity index (χ2v) is 7.58. The molecule has 2 aromatic rings. The number of anilines is 1. The van der Waals surface area contributed by atoms with E-state index in [1.807, 2.05) is 24.3 Å².